The van der Waals surface area contributed by atoms with Crippen molar-refractivity contribution >= 4 is 23.4 Å². The molecule has 4 fully saturated rings. The monoisotopic (exact) mass is 507 g/mol. The van der Waals surface area contributed by atoms with E-state index in [9.17, 15) is 14.4 Å². The number of nitrogens with zero attached hydrogens (tertiary/aromatic N) is 1. The van der Waals surface area contributed by atoms with Crippen molar-refractivity contribution in [1.29, 1.82) is 0 Å². The van der Waals surface area contributed by atoms with Gasteiger partial charge in [0.2, 0.25) is 17.7 Å². The van der Waals surface area contributed by atoms with Crippen molar-refractivity contribution in [1.82, 2.24) is 10.2 Å². The van der Waals surface area contributed by atoms with Crippen LogP contribution in [-0.2, 0) is 19.1 Å². The van der Waals surface area contributed by atoms with Crippen LogP contribution in [0.3, 0.4) is 0 Å². The molecular weight excluding hydrogens is 470 g/mol. The minimum atomic E-state index is -1.10. The molecule has 3 aliphatic heterocycles. The fraction of sp³-hybridized carbons (Fsp3) is 0.621. The number of carbonyl (C=O) groups is 3. The highest BCUT2D eigenvalue weighted by Gasteiger charge is 2.73. The zero-order valence-corrected chi connectivity index (χ0v) is 21.5. The number of fused-ring (bicyclic) bond motifs is 1. The first-order chi connectivity index (χ1) is 18.0. The molecule has 6 rings (SSSR count). The highest BCUT2D eigenvalue weighted by Crippen LogP contribution is 2.56. The molecule has 1 aromatic rings. The SMILES string of the molecule is COc1ccc(NC(=O)[C@@H]2[C@H]3C=C[C@]4(O3)[C@H](C(=O)NC3CCCCC3)N(C3CCCCC3)C(=O)[C@@H]24)cc1. The van der Waals surface area contributed by atoms with Gasteiger partial charge in [-0.3, -0.25) is 14.4 Å². The second-order valence-corrected chi connectivity index (χ2v) is 11.3. The number of likely N-dealkylation sites (tertiary alicyclic amines) is 1. The first-order valence-corrected chi connectivity index (χ1v) is 14.0. The Morgan fingerprint density at radius 3 is 2.32 bits per heavy atom. The maximum atomic E-state index is 14.2. The second kappa shape index (κ2) is 9.78. The molecule has 2 bridgehead atoms. The number of ether oxygens (including phenoxy) is 2. The topological polar surface area (TPSA) is 97.0 Å². The van der Waals surface area contributed by atoms with E-state index in [1.807, 2.05) is 17.1 Å². The van der Waals surface area contributed by atoms with Crippen molar-refractivity contribution < 1.29 is 23.9 Å². The predicted octanol–water partition coefficient (Wildman–Crippen LogP) is 3.57. The van der Waals surface area contributed by atoms with Crippen LogP contribution in [0.5, 0.6) is 5.75 Å². The average molecular weight is 508 g/mol. The Bertz CT molecular complexity index is 1080. The highest BCUT2D eigenvalue weighted by atomic mass is 16.5. The van der Waals surface area contributed by atoms with Gasteiger partial charge in [-0.1, -0.05) is 50.7 Å². The van der Waals surface area contributed by atoms with Crippen molar-refractivity contribution in [2.45, 2.75) is 94.0 Å². The molecular formula is C29H37N3O5. The second-order valence-electron chi connectivity index (χ2n) is 11.3. The number of benzene rings is 1. The lowest BCUT2D eigenvalue weighted by Gasteiger charge is -2.39. The lowest BCUT2D eigenvalue weighted by atomic mass is 9.74. The lowest BCUT2D eigenvalue weighted by molar-refractivity contribution is -0.144. The Morgan fingerprint density at radius 1 is 0.973 bits per heavy atom. The van der Waals surface area contributed by atoms with E-state index in [1.165, 1.54) is 6.42 Å². The largest absolute Gasteiger partial charge is 0.497 e. The van der Waals surface area contributed by atoms with Gasteiger partial charge >= 0.3 is 0 Å². The molecule has 3 heterocycles. The van der Waals surface area contributed by atoms with Crippen LogP contribution in [0.15, 0.2) is 36.4 Å². The van der Waals surface area contributed by atoms with E-state index in [0.717, 1.165) is 57.8 Å². The molecule has 3 amide bonds. The smallest absolute Gasteiger partial charge is 0.246 e. The third-order valence-corrected chi connectivity index (χ3v) is 9.14. The fourth-order valence-corrected chi connectivity index (χ4v) is 7.39. The number of rotatable bonds is 6. The summed E-state index contributed by atoms with van der Waals surface area (Å²) < 4.78 is 11.7. The summed E-state index contributed by atoms with van der Waals surface area (Å²) in [5, 5.41) is 6.25. The van der Waals surface area contributed by atoms with E-state index in [-0.39, 0.29) is 29.8 Å². The molecule has 2 saturated carbocycles. The zero-order chi connectivity index (χ0) is 25.6. The molecule has 5 atom stereocenters. The molecule has 8 heteroatoms. The van der Waals surface area contributed by atoms with E-state index in [0.29, 0.717) is 11.4 Å². The van der Waals surface area contributed by atoms with Gasteiger partial charge in [-0.05, 0) is 49.9 Å². The van der Waals surface area contributed by atoms with E-state index in [2.05, 4.69) is 10.6 Å². The number of hydrogen-bond donors (Lipinski definition) is 2. The average Bonchev–Trinajstić information content (AvgIpc) is 3.57. The van der Waals surface area contributed by atoms with Crippen LogP contribution >= 0.6 is 0 Å². The molecule has 0 aromatic heterocycles. The summed E-state index contributed by atoms with van der Waals surface area (Å²) in [5.74, 6) is -1.18. The number of carbonyl (C=O) groups excluding carboxylic acids is 3. The number of nitrogens with one attached hydrogen (secondary N) is 2. The summed E-state index contributed by atoms with van der Waals surface area (Å²) in [4.78, 5) is 43.5. The van der Waals surface area contributed by atoms with Gasteiger partial charge in [0, 0.05) is 17.8 Å². The van der Waals surface area contributed by atoms with Crippen molar-refractivity contribution in [2.24, 2.45) is 11.8 Å². The predicted molar refractivity (Wildman–Crippen MR) is 138 cm³/mol. The summed E-state index contributed by atoms with van der Waals surface area (Å²) in [6, 6.07) is 6.52. The quantitative estimate of drug-likeness (QED) is 0.574. The van der Waals surface area contributed by atoms with Gasteiger partial charge in [-0.15, -0.1) is 0 Å². The fourth-order valence-electron chi connectivity index (χ4n) is 7.39. The molecule has 37 heavy (non-hydrogen) atoms. The summed E-state index contributed by atoms with van der Waals surface area (Å²) in [6.07, 6.45) is 13.6. The van der Waals surface area contributed by atoms with Crippen LogP contribution in [0, 0.1) is 11.8 Å². The van der Waals surface area contributed by atoms with Crippen molar-refractivity contribution in [2.75, 3.05) is 12.4 Å². The Hall–Kier alpha value is -2.87. The van der Waals surface area contributed by atoms with Gasteiger partial charge in [0.05, 0.1) is 25.0 Å². The van der Waals surface area contributed by atoms with Crippen molar-refractivity contribution in [3.63, 3.8) is 0 Å². The maximum absolute atomic E-state index is 14.2. The van der Waals surface area contributed by atoms with Crippen LogP contribution < -0.4 is 15.4 Å². The van der Waals surface area contributed by atoms with Gasteiger partial charge in [-0.2, -0.15) is 0 Å². The van der Waals surface area contributed by atoms with Gasteiger partial charge in [-0.25, -0.2) is 0 Å². The van der Waals surface area contributed by atoms with Crippen LogP contribution in [0.1, 0.15) is 64.2 Å². The highest BCUT2D eigenvalue weighted by molar-refractivity contribution is 6.03. The van der Waals surface area contributed by atoms with E-state index >= 15 is 0 Å². The number of amides is 3. The molecule has 2 aliphatic carbocycles. The van der Waals surface area contributed by atoms with Gasteiger partial charge in [0.25, 0.3) is 0 Å². The van der Waals surface area contributed by atoms with Gasteiger partial charge < -0.3 is 25.0 Å². The lowest BCUT2D eigenvalue weighted by Crippen LogP contribution is -2.58. The van der Waals surface area contributed by atoms with Gasteiger partial charge in [0.15, 0.2) is 0 Å². The molecule has 0 unspecified atom stereocenters. The molecule has 198 valence electrons. The molecule has 2 saturated heterocycles. The number of hydrogen-bond acceptors (Lipinski definition) is 5. The first-order valence-electron chi connectivity index (χ1n) is 14.0. The van der Waals surface area contributed by atoms with Crippen LogP contribution in [0.4, 0.5) is 5.69 Å². The van der Waals surface area contributed by atoms with Crippen molar-refractivity contribution in [3.05, 3.63) is 36.4 Å². The summed E-state index contributed by atoms with van der Waals surface area (Å²) in [6.45, 7) is 0. The summed E-state index contributed by atoms with van der Waals surface area (Å²) in [5.41, 5.74) is -0.465. The Kier molecular flexibility index (Phi) is 6.47. The molecule has 5 aliphatic rings. The van der Waals surface area contributed by atoms with E-state index < -0.39 is 29.6 Å². The first kappa shape index (κ1) is 24.5. The molecule has 2 N–H and O–H groups in total. The summed E-state index contributed by atoms with van der Waals surface area (Å²) in [7, 11) is 1.59. The van der Waals surface area contributed by atoms with Crippen LogP contribution in [0.2, 0.25) is 0 Å². The van der Waals surface area contributed by atoms with E-state index in [4.69, 9.17) is 9.47 Å². The van der Waals surface area contributed by atoms with Crippen LogP contribution in [0.25, 0.3) is 0 Å². The molecule has 8 nitrogen and oxygen atoms in total. The Labute approximate surface area is 218 Å². The number of anilines is 1. The molecule has 1 spiro atoms. The zero-order valence-electron chi connectivity index (χ0n) is 21.5. The third-order valence-electron chi connectivity index (χ3n) is 9.14. The normalized spacial score (nSPS) is 33.4. The van der Waals surface area contributed by atoms with Crippen LogP contribution in [-0.4, -0.2) is 59.6 Å². The minimum absolute atomic E-state index is 0.00433. The molecule has 0 radical (unpaired) electrons. The number of methoxy groups -OCH3 is 1. The maximum Gasteiger partial charge on any atom is 0.246 e. The minimum Gasteiger partial charge on any atom is -0.497 e. The van der Waals surface area contributed by atoms with Crippen molar-refractivity contribution in [3.8, 4) is 5.75 Å². The van der Waals surface area contributed by atoms with E-state index in [1.54, 1.807) is 31.4 Å². The third kappa shape index (κ3) is 4.13. The standard InChI is InChI=1S/C29H37N3O5/c1-36-21-14-12-19(13-15-21)30-26(33)23-22-16-17-29(37-22)24(23)28(35)32(20-10-6-3-7-11-20)25(29)27(34)31-18-8-4-2-5-9-18/h12-18,20,22-25H,2-11H2,1H3,(H,30,33)(H,31,34)/t22-,23-,24-,25+,29-/m1/s1. The summed E-state index contributed by atoms with van der Waals surface area (Å²) >= 11 is 0. The molecule has 1 aromatic carbocycles. The Balaban J connectivity index is 1.30. The Morgan fingerprint density at radius 2 is 1.65 bits per heavy atom. The van der Waals surface area contributed by atoms with Gasteiger partial charge in [0.1, 0.15) is 17.4 Å².